The van der Waals surface area contributed by atoms with Crippen molar-refractivity contribution in [1.82, 2.24) is 15.5 Å². The van der Waals surface area contributed by atoms with E-state index in [1.165, 1.54) is 6.26 Å². The summed E-state index contributed by atoms with van der Waals surface area (Å²) in [5.41, 5.74) is 4.27. The van der Waals surface area contributed by atoms with Crippen LogP contribution in [0.15, 0.2) is 65.3 Å². The molecule has 1 fully saturated rings. The highest BCUT2D eigenvalue weighted by atomic mass is 16.3. The fourth-order valence-electron chi connectivity index (χ4n) is 6.07. The van der Waals surface area contributed by atoms with Gasteiger partial charge in [0.1, 0.15) is 11.5 Å². The summed E-state index contributed by atoms with van der Waals surface area (Å²) in [6.45, 7) is 9.94. The summed E-state index contributed by atoms with van der Waals surface area (Å²) in [5.74, 6) is -0.136. The van der Waals surface area contributed by atoms with Crippen LogP contribution in [0, 0.1) is 12.3 Å². The van der Waals surface area contributed by atoms with Gasteiger partial charge in [0.05, 0.1) is 6.26 Å². The molecule has 7 heteroatoms. The molecule has 2 aliphatic rings. The van der Waals surface area contributed by atoms with E-state index in [2.05, 4.69) is 55.7 Å². The van der Waals surface area contributed by atoms with E-state index in [0.29, 0.717) is 32.5 Å². The normalized spacial score (nSPS) is 17.4. The largest absolute Gasteiger partial charge is 0.459 e. The zero-order valence-corrected chi connectivity index (χ0v) is 23.9. The summed E-state index contributed by atoms with van der Waals surface area (Å²) in [5, 5.41) is 6.09. The summed E-state index contributed by atoms with van der Waals surface area (Å²) in [4.78, 5) is 41.5. The Kier molecular flexibility index (Phi) is 7.58. The predicted molar refractivity (Wildman–Crippen MR) is 155 cm³/mol. The van der Waals surface area contributed by atoms with E-state index in [4.69, 9.17) is 4.42 Å². The molecule has 0 bridgehead atoms. The van der Waals surface area contributed by atoms with Gasteiger partial charge in [0.25, 0.3) is 5.91 Å². The Morgan fingerprint density at radius 2 is 1.65 bits per heavy atom. The summed E-state index contributed by atoms with van der Waals surface area (Å²) >= 11 is 0. The lowest BCUT2D eigenvalue weighted by molar-refractivity contribution is -0.129. The first-order chi connectivity index (χ1) is 19.1. The van der Waals surface area contributed by atoms with Gasteiger partial charge in [-0.1, -0.05) is 69.3 Å². The van der Waals surface area contributed by atoms with Gasteiger partial charge in [-0.3, -0.25) is 14.4 Å². The highest BCUT2D eigenvalue weighted by Gasteiger charge is 2.48. The lowest BCUT2D eigenvalue weighted by Crippen LogP contribution is -2.46. The first-order valence-corrected chi connectivity index (χ1v) is 14.2. The second-order valence-corrected chi connectivity index (χ2v) is 12.3. The van der Waals surface area contributed by atoms with Crippen molar-refractivity contribution in [1.29, 1.82) is 0 Å². The molecule has 0 saturated carbocycles. The van der Waals surface area contributed by atoms with Crippen LogP contribution in [0.2, 0.25) is 0 Å². The number of likely N-dealkylation sites (tertiary alicyclic amines) is 1. The van der Waals surface area contributed by atoms with Crippen molar-refractivity contribution in [2.24, 2.45) is 5.41 Å². The van der Waals surface area contributed by atoms with E-state index in [9.17, 15) is 14.4 Å². The Labute approximate surface area is 236 Å². The lowest BCUT2D eigenvalue weighted by Gasteiger charge is -2.32. The number of carbonyl (C=O) groups excluding carboxylic acids is 3. The standard InChI is InChI=1S/C33H39N3O4/c1-22-16-20-40-28(22)29(37)35-27-15-19-36(30(27)38)18-10-9-17-33(31(39)34-21-32(2,3)4)25-13-7-5-11-23(25)24-12-6-8-14-26(24)33/h5-8,11-14,16,20,27H,9-10,15,17-19,21H2,1-4H3,(H,34,39)(H,35,37). The number of nitrogens with one attached hydrogen (secondary N) is 2. The SMILES string of the molecule is Cc1ccoc1C(=O)NC1CCN(CCCCC2(C(=O)NCC(C)(C)C)c3ccccc3-c3ccccc32)C1=O. The molecule has 1 saturated heterocycles. The monoisotopic (exact) mass is 541 g/mol. The summed E-state index contributed by atoms with van der Waals surface area (Å²) < 4.78 is 5.27. The maximum Gasteiger partial charge on any atom is 0.287 e. The van der Waals surface area contributed by atoms with Crippen molar-refractivity contribution in [3.63, 3.8) is 0 Å². The van der Waals surface area contributed by atoms with Gasteiger partial charge in [-0.25, -0.2) is 0 Å². The van der Waals surface area contributed by atoms with Crippen LogP contribution < -0.4 is 10.6 Å². The molecule has 2 heterocycles. The van der Waals surface area contributed by atoms with Gasteiger partial charge in [0.2, 0.25) is 11.8 Å². The lowest BCUT2D eigenvalue weighted by atomic mass is 9.73. The van der Waals surface area contributed by atoms with Crippen LogP contribution in [0.1, 0.15) is 73.7 Å². The van der Waals surface area contributed by atoms with Gasteiger partial charge in [-0.2, -0.15) is 0 Å². The molecule has 2 N–H and O–H groups in total. The Morgan fingerprint density at radius 3 is 2.25 bits per heavy atom. The van der Waals surface area contributed by atoms with Crippen LogP contribution in [0.4, 0.5) is 0 Å². The fraction of sp³-hybridized carbons (Fsp3) is 0.424. The second-order valence-electron chi connectivity index (χ2n) is 12.3. The summed E-state index contributed by atoms with van der Waals surface area (Å²) in [6, 6.07) is 17.7. The third kappa shape index (κ3) is 5.17. The zero-order valence-electron chi connectivity index (χ0n) is 23.9. The van der Waals surface area contributed by atoms with Crippen molar-refractivity contribution in [2.75, 3.05) is 19.6 Å². The molecule has 1 aromatic heterocycles. The molecular formula is C33H39N3O4. The quantitative estimate of drug-likeness (QED) is 0.364. The Morgan fingerprint density at radius 1 is 1.00 bits per heavy atom. The van der Waals surface area contributed by atoms with Crippen LogP contribution >= 0.6 is 0 Å². The number of rotatable bonds is 9. The van der Waals surface area contributed by atoms with Crippen molar-refractivity contribution >= 4 is 17.7 Å². The first kappa shape index (κ1) is 27.7. The van der Waals surface area contributed by atoms with E-state index in [-0.39, 0.29) is 28.9 Å². The fourth-order valence-corrected chi connectivity index (χ4v) is 6.07. The number of fused-ring (bicyclic) bond motifs is 3. The minimum absolute atomic E-state index is 0.0352. The number of nitrogens with zero attached hydrogens (tertiary/aromatic N) is 1. The van der Waals surface area contributed by atoms with Gasteiger partial charge < -0.3 is 20.0 Å². The second kappa shape index (κ2) is 11.0. The molecule has 5 rings (SSSR count). The molecule has 0 spiro atoms. The number of benzene rings is 2. The molecule has 2 aromatic carbocycles. The van der Waals surface area contributed by atoms with Crippen LogP contribution in [0.25, 0.3) is 11.1 Å². The van der Waals surface area contributed by atoms with Crippen molar-refractivity contribution in [2.45, 2.75) is 64.8 Å². The molecule has 3 amide bonds. The third-order valence-electron chi connectivity index (χ3n) is 8.13. The molecule has 1 unspecified atom stereocenters. The maximum absolute atomic E-state index is 14.1. The smallest absolute Gasteiger partial charge is 0.287 e. The number of hydrogen-bond donors (Lipinski definition) is 2. The van der Waals surface area contributed by atoms with Gasteiger partial charge in [-0.15, -0.1) is 0 Å². The minimum atomic E-state index is -0.773. The number of amides is 3. The number of aryl methyl sites for hydroxylation is 1. The number of unbranched alkanes of at least 4 members (excludes halogenated alkanes) is 1. The molecule has 1 aliphatic heterocycles. The van der Waals surface area contributed by atoms with Crippen LogP contribution in [-0.4, -0.2) is 48.3 Å². The number of carbonyl (C=O) groups is 3. The maximum atomic E-state index is 14.1. The van der Waals surface area contributed by atoms with E-state index in [0.717, 1.165) is 40.7 Å². The molecule has 1 aliphatic carbocycles. The van der Waals surface area contributed by atoms with Crippen LogP contribution in [0.3, 0.4) is 0 Å². The van der Waals surface area contributed by atoms with Crippen molar-refractivity contribution in [3.05, 3.63) is 83.3 Å². The molecule has 40 heavy (non-hydrogen) atoms. The first-order valence-electron chi connectivity index (χ1n) is 14.2. The van der Waals surface area contributed by atoms with Crippen molar-refractivity contribution in [3.8, 4) is 11.1 Å². The third-order valence-corrected chi connectivity index (χ3v) is 8.13. The molecule has 3 aromatic rings. The molecule has 1 atom stereocenters. The summed E-state index contributed by atoms with van der Waals surface area (Å²) in [6.07, 6.45) is 4.24. The summed E-state index contributed by atoms with van der Waals surface area (Å²) in [7, 11) is 0. The number of hydrogen-bond acceptors (Lipinski definition) is 4. The minimum Gasteiger partial charge on any atom is -0.459 e. The van der Waals surface area contributed by atoms with E-state index in [1.54, 1.807) is 13.0 Å². The van der Waals surface area contributed by atoms with E-state index >= 15 is 0 Å². The van der Waals surface area contributed by atoms with Gasteiger partial charge in [0, 0.05) is 25.2 Å². The average molecular weight is 542 g/mol. The Balaban J connectivity index is 1.28. The Hall–Kier alpha value is -3.87. The van der Waals surface area contributed by atoms with Crippen LogP contribution in [-0.2, 0) is 15.0 Å². The Bertz CT molecular complexity index is 1370. The average Bonchev–Trinajstić information content (AvgIpc) is 3.60. The van der Waals surface area contributed by atoms with E-state index in [1.807, 2.05) is 29.2 Å². The highest BCUT2D eigenvalue weighted by molar-refractivity contribution is 6.00. The van der Waals surface area contributed by atoms with Crippen LogP contribution in [0.5, 0.6) is 0 Å². The van der Waals surface area contributed by atoms with Gasteiger partial charge in [0.15, 0.2) is 5.76 Å². The molecule has 7 nitrogen and oxygen atoms in total. The highest BCUT2D eigenvalue weighted by Crippen LogP contribution is 2.51. The van der Waals surface area contributed by atoms with Crippen molar-refractivity contribution < 1.29 is 18.8 Å². The molecular weight excluding hydrogens is 502 g/mol. The van der Waals surface area contributed by atoms with E-state index < -0.39 is 11.5 Å². The topological polar surface area (TPSA) is 91.7 Å². The van der Waals surface area contributed by atoms with Gasteiger partial charge in [-0.05, 0) is 66.3 Å². The molecule has 210 valence electrons. The number of furan rings is 1. The van der Waals surface area contributed by atoms with Gasteiger partial charge >= 0.3 is 0 Å². The zero-order chi connectivity index (χ0) is 28.5. The molecule has 0 radical (unpaired) electrons. The predicted octanol–water partition coefficient (Wildman–Crippen LogP) is 5.22.